The standard InChI is InChI=1S/C21H25NO3/c23-20(22-16-15-19-10-5-2-6-11-19)13-14-21(24)25-17-7-12-18-8-3-1-4-9-18/h1-6,8-11H,7,12-17H2,(H,22,23). The third-order valence-electron chi connectivity index (χ3n) is 3.85. The molecule has 0 saturated heterocycles. The Kier molecular flexibility index (Phi) is 8.25. The van der Waals surface area contributed by atoms with Crippen molar-refractivity contribution in [3.8, 4) is 0 Å². The molecule has 0 spiro atoms. The van der Waals surface area contributed by atoms with E-state index in [0.29, 0.717) is 13.2 Å². The van der Waals surface area contributed by atoms with Gasteiger partial charge in [-0.25, -0.2) is 0 Å². The van der Waals surface area contributed by atoms with Gasteiger partial charge < -0.3 is 10.1 Å². The average molecular weight is 339 g/mol. The van der Waals surface area contributed by atoms with Crippen molar-refractivity contribution in [3.63, 3.8) is 0 Å². The number of carbonyl (C=O) groups excluding carboxylic acids is 2. The van der Waals surface area contributed by atoms with Gasteiger partial charge >= 0.3 is 5.97 Å². The fraction of sp³-hybridized carbons (Fsp3) is 0.333. The maximum Gasteiger partial charge on any atom is 0.306 e. The number of esters is 1. The fourth-order valence-electron chi connectivity index (χ4n) is 2.47. The zero-order valence-corrected chi connectivity index (χ0v) is 14.4. The average Bonchev–Trinajstić information content (AvgIpc) is 2.65. The van der Waals surface area contributed by atoms with E-state index in [4.69, 9.17) is 4.74 Å². The predicted octanol–water partition coefficient (Wildman–Crippen LogP) is 3.30. The highest BCUT2D eigenvalue weighted by Crippen LogP contribution is 2.03. The van der Waals surface area contributed by atoms with Crippen LogP contribution in [0.2, 0.25) is 0 Å². The molecule has 2 aromatic rings. The Morgan fingerprint density at radius 2 is 1.40 bits per heavy atom. The van der Waals surface area contributed by atoms with E-state index in [1.54, 1.807) is 0 Å². The molecule has 0 atom stereocenters. The number of carbonyl (C=O) groups is 2. The van der Waals surface area contributed by atoms with Gasteiger partial charge in [-0.3, -0.25) is 9.59 Å². The van der Waals surface area contributed by atoms with Gasteiger partial charge in [0.15, 0.2) is 0 Å². The molecule has 0 fully saturated rings. The van der Waals surface area contributed by atoms with Gasteiger partial charge in [0, 0.05) is 13.0 Å². The van der Waals surface area contributed by atoms with Crippen LogP contribution < -0.4 is 5.32 Å². The molecule has 0 unspecified atom stereocenters. The first-order valence-electron chi connectivity index (χ1n) is 8.74. The first kappa shape index (κ1) is 18.7. The highest BCUT2D eigenvalue weighted by atomic mass is 16.5. The summed E-state index contributed by atoms with van der Waals surface area (Å²) in [5, 5.41) is 2.83. The van der Waals surface area contributed by atoms with Crippen LogP contribution in [0.15, 0.2) is 60.7 Å². The Labute approximate surface area is 149 Å². The Hall–Kier alpha value is -2.62. The molecule has 0 radical (unpaired) electrons. The summed E-state index contributed by atoms with van der Waals surface area (Å²) in [7, 11) is 0. The second-order valence-corrected chi connectivity index (χ2v) is 5.90. The van der Waals surface area contributed by atoms with Crippen LogP contribution in [0, 0.1) is 0 Å². The molecule has 4 nitrogen and oxygen atoms in total. The molecular formula is C21H25NO3. The number of rotatable bonds is 10. The van der Waals surface area contributed by atoms with Crippen LogP contribution >= 0.6 is 0 Å². The third kappa shape index (κ3) is 8.15. The minimum atomic E-state index is -0.314. The normalized spacial score (nSPS) is 10.2. The van der Waals surface area contributed by atoms with Crippen molar-refractivity contribution >= 4 is 11.9 Å². The van der Waals surface area contributed by atoms with Gasteiger partial charge in [0.2, 0.25) is 5.91 Å². The summed E-state index contributed by atoms with van der Waals surface area (Å²) in [6.45, 7) is 0.971. The Morgan fingerprint density at radius 1 is 0.800 bits per heavy atom. The van der Waals surface area contributed by atoms with E-state index in [1.807, 2.05) is 48.5 Å². The number of ether oxygens (including phenoxy) is 1. The summed E-state index contributed by atoms with van der Waals surface area (Å²) in [4.78, 5) is 23.4. The summed E-state index contributed by atoms with van der Waals surface area (Å²) < 4.78 is 5.17. The lowest BCUT2D eigenvalue weighted by Gasteiger charge is -2.06. The third-order valence-corrected chi connectivity index (χ3v) is 3.85. The summed E-state index contributed by atoms with van der Waals surface area (Å²) in [5.41, 5.74) is 2.41. The van der Waals surface area contributed by atoms with Crippen LogP contribution in [-0.2, 0) is 27.2 Å². The molecule has 0 heterocycles. The zero-order valence-electron chi connectivity index (χ0n) is 14.4. The summed E-state index contributed by atoms with van der Waals surface area (Å²) in [6.07, 6.45) is 2.76. The number of hydrogen-bond donors (Lipinski definition) is 1. The van der Waals surface area contributed by atoms with E-state index >= 15 is 0 Å². The molecule has 0 aliphatic carbocycles. The number of nitrogens with one attached hydrogen (secondary N) is 1. The molecule has 0 bridgehead atoms. The Balaban J connectivity index is 1.50. The molecule has 0 saturated carbocycles. The summed E-state index contributed by atoms with van der Waals surface area (Å²) in [6, 6.07) is 20.1. The van der Waals surface area contributed by atoms with Gasteiger partial charge in [-0.05, 0) is 30.4 Å². The summed E-state index contributed by atoms with van der Waals surface area (Å²) >= 11 is 0. The maximum absolute atomic E-state index is 11.7. The topological polar surface area (TPSA) is 55.4 Å². The van der Waals surface area contributed by atoms with Gasteiger partial charge in [0.05, 0.1) is 13.0 Å². The number of aryl methyl sites for hydroxylation is 1. The highest BCUT2D eigenvalue weighted by Gasteiger charge is 2.07. The maximum atomic E-state index is 11.7. The largest absolute Gasteiger partial charge is 0.466 e. The predicted molar refractivity (Wildman–Crippen MR) is 98.1 cm³/mol. The van der Waals surface area contributed by atoms with Crippen LogP contribution in [0.3, 0.4) is 0 Å². The molecule has 132 valence electrons. The number of benzene rings is 2. The first-order valence-corrected chi connectivity index (χ1v) is 8.74. The van der Waals surface area contributed by atoms with Crippen molar-refractivity contribution in [2.24, 2.45) is 0 Å². The number of hydrogen-bond acceptors (Lipinski definition) is 3. The van der Waals surface area contributed by atoms with E-state index in [2.05, 4.69) is 17.4 Å². The molecule has 25 heavy (non-hydrogen) atoms. The van der Waals surface area contributed by atoms with Crippen molar-refractivity contribution in [2.45, 2.75) is 32.1 Å². The Bertz CT molecular complexity index is 641. The lowest BCUT2D eigenvalue weighted by molar-refractivity contribution is -0.145. The zero-order chi connectivity index (χ0) is 17.7. The second kappa shape index (κ2) is 11.0. The van der Waals surface area contributed by atoms with Gasteiger partial charge in [0.1, 0.15) is 0 Å². The molecule has 2 aromatic carbocycles. The monoisotopic (exact) mass is 339 g/mol. The van der Waals surface area contributed by atoms with Crippen molar-refractivity contribution < 1.29 is 14.3 Å². The van der Waals surface area contributed by atoms with Gasteiger partial charge in [-0.15, -0.1) is 0 Å². The minimum absolute atomic E-state index is 0.114. The lowest BCUT2D eigenvalue weighted by atomic mass is 10.1. The molecule has 1 amide bonds. The van der Waals surface area contributed by atoms with E-state index < -0.39 is 0 Å². The van der Waals surface area contributed by atoms with Crippen LogP contribution in [0.5, 0.6) is 0 Å². The molecule has 0 aromatic heterocycles. The summed E-state index contributed by atoms with van der Waals surface area (Å²) in [5.74, 6) is -0.427. The molecule has 2 rings (SSSR count). The number of amides is 1. The molecule has 0 aliphatic heterocycles. The second-order valence-electron chi connectivity index (χ2n) is 5.90. The molecular weight excluding hydrogens is 314 g/mol. The van der Waals surface area contributed by atoms with Gasteiger partial charge in [-0.1, -0.05) is 60.7 Å². The highest BCUT2D eigenvalue weighted by molar-refractivity contribution is 5.81. The van der Waals surface area contributed by atoms with Gasteiger partial charge in [0.25, 0.3) is 0 Å². The lowest BCUT2D eigenvalue weighted by Crippen LogP contribution is -2.26. The van der Waals surface area contributed by atoms with Gasteiger partial charge in [-0.2, -0.15) is 0 Å². The fourth-order valence-corrected chi connectivity index (χ4v) is 2.47. The molecule has 1 N–H and O–H groups in total. The van der Waals surface area contributed by atoms with Crippen LogP contribution in [-0.4, -0.2) is 25.0 Å². The minimum Gasteiger partial charge on any atom is -0.466 e. The van der Waals surface area contributed by atoms with Crippen molar-refractivity contribution in [1.29, 1.82) is 0 Å². The van der Waals surface area contributed by atoms with E-state index in [9.17, 15) is 9.59 Å². The van der Waals surface area contributed by atoms with Crippen molar-refractivity contribution in [1.82, 2.24) is 5.32 Å². The van der Waals surface area contributed by atoms with E-state index in [0.717, 1.165) is 19.3 Å². The molecule has 4 heteroatoms. The van der Waals surface area contributed by atoms with Crippen molar-refractivity contribution in [2.75, 3.05) is 13.2 Å². The first-order chi connectivity index (χ1) is 12.2. The smallest absolute Gasteiger partial charge is 0.306 e. The quantitative estimate of drug-likeness (QED) is 0.534. The van der Waals surface area contributed by atoms with Crippen LogP contribution in [0.25, 0.3) is 0 Å². The Morgan fingerprint density at radius 3 is 2.04 bits per heavy atom. The SMILES string of the molecule is O=C(CCC(=O)OCCCc1ccccc1)NCCc1ccccc1. The molecule has 0 aliphatic rings. The van der Waals surface area contributed by atoms with Crippen molar-refractivity contribution in [3.05, 3.63) is 71.8 Å². The van der Waals surface area contributed by atoms with Crippen LogP contribution in [0.1, 0.15) is 30.4 Å². The van der Waals surface area contributed by atoms with E-state index in [-0.39, 0.29) is 24.7 Å². The van der Waals surface area contributed by atoms with Crippen LogP contribution in [0.4, 0.5) is 0 Å². The van der Waals surface area contributed by atoms with E-state index in [1.165, 1.54) is 11.1 Å².